The van der Waals surface area contributed by atoms with Gasteiger partial charge in [-0.1, -0.05) is 18.7 Å². The van der Waals surface area contributed by atoms with Gasteiger partial charge in [0.05, 0.1) is 12.2 Å². The molecule has 1 heterocycles. The van der Waals surface area contributed by atoms with E-state index >= 15 is 0 Å². The Kier molecular flexibility index (Phi) is 3.45. The first-order chi connectivity index (χ1) is 6.69. The van der Waals surface area contributed by atoms with Crippen molar-refractivity contribution in [1.29, 1.82) is 0 Å². The molecule has 4 heteroatoms. The normalized spacial score (nSPS) is 9.86. The molecule has 1 aromatic rings. The maximum Gasteiger partial charge on any atom is 0.245 e. The quantitative estimate of drug-likeness (QED) is 0.680. The van der Waals surface area contributed by atoms with Gasteiger partial charge in [0.2, 0.25) is 5.91 Å². The molecule has 76 valence electrons. The van der Waals surface area contributed by atoms with E-state index in [-0.39, 0.29) is 5.91 Å². The summed E-state index contributed by atoms with van der Waals surface area (Å²) in [4.78, 5) is 12.8. The summed E-state index contributed by atoms with van der Waals surface area (Å²) in [5, 5.41) is 3.83. The highest BCUT2D eigenvalue weighted by molar-refractivity contribution is 5.86. The molecular formula is C10H14N2O2. The van der Waals surface area contributed by atoms with Crippen molar-refractivity contribution in [3.63, 3.8) is 0 Å². The Morgan fingerprint density at radius 2 is 2.50 bits per heavy atom. The highest BCUT2D eigenvalue weighted by Crippen LogP contribution is 2.09. The molecule has 0 aliphatic carbocycles. The molecule has 4 nitrogen and oxygen atoms in total. The molecule has 0 saturated heterocycles. The van der Waals surface area contributed by atoms with Crippen LogP contribution in [0.25, 0.3) is 0 Å². The third-order valence-electron chi connectivity index (χ3n) is 2.02. The zero-order valence-corrected chi connectivity index (χ0v) is 8.49. The van der Waals surface area contributed by atoms with Crippen molar-refractivity contribution < 1.29 is 9.32 Å². The van der Waals surface area contributed by atoms with E-state index in [0.717, 1.165) is 17.7 Å². The van der Waals surface area contributed by atoms with Crippen LogP contribution in [-0.4, -0.2) is 23.0 Å². The van der Waals surface area contributed by atoms with E-state index in [1.807, 2.05) is 6.92 Å². The van der Waals surface area contributed by atoms with Crippen LogP contribution in [0.15, 0.2) is 23.4 Å². The predicted molar refractivity (Wildman–Crippen MR) is 52.6 cm³/mol. The summed E-state index contributed by atoms with van der Waals surface area (Å²) in [5.74, 6) is -0.103. The second kappa shape index (κ2) is 4.60. The molecular weight excluding hydrogens is 180 g/mol. The van der Waals surface area contributed by atoms with Gasteiger partial charge >= 0.3 is 0 Å². The molecule has 14 heavy (non-hydrogen) atoms. The molecule has 0 bridgehead atoms. The number of carbonyl (C=O) groups excluding carboxylic acids is 1. The summed E-state index contributed by atoms with van der Waals surface area (Å²) in [6, 6.07) is 0. The van der Waals surface area contributed by atoms with E-state index in [2.05, 4.69) is 11.7 Å². The molecule has 0 aliphatic rings. The predicted octanol–water partition coefficient (Wildman–Crippen LogP) is 1.38. The van der Waals surface area contributed by atoms with Crippen LogP contribution in [-0.2, 0) is 17.8 Å². The van der Waals surface area contributed by atoms with E-state index in [1.165, 1.54) is 6.08 Å². The lowest BCUT2D eigenvalue weighted by Gasteiger charge is -2.13. The van der Waals surface area contributed by atoms with Crippen molar-refractivity contribution in [3.8, 4) is 0 Å². The zero-order valence-electron chi connectivity index (χ0n) is 8.49. The van der Waals surface area contributed by atoms with Gasteiger partial charge in [-0.15, -0.1) is 0 Å². The first-order valence-corrected chi connectivity index (χ1v) is 4.48. The highest BCUT2D eigenvalue weighted by Gasteiger charge is 2.10. The van der Waals surface area contributed by atoms with Gasteiger partial charge in [-0.25, -0.2) is 0 Å². The molecule has 0 saturated carbocycles. The maximum atomic E-state index is 11.2. The molecule has 0 N–H and O–H groups in total. The monoisotopic (exact) mass is 194 g/mol. The fourth-order valence-corrected chi connectivity index (χ4v) is 1.19. The number of aromatic nitrogens is 1. The fraction of sp³-hybridized carbons (Fsp3) is 0.400. The molecule has 1 amide bonds. The maximum absolute atomic E-state index is 11.2. The van der Waals surface area contributed by atoms with E-state index in [4.69, 9.17) is 4.52 Å². The summed E-state index contributed by atoms with van der Waals surface area (Å²) in [6.45, 7) is 5.93. The van der Waals surface area contributed by atoms with Crippen LogP contribution in [0.2, 0.25) is 0 Å². The van der Waals surface area contributed by atoms with Crippen LogP contribution in [0.3, 0.4) is 0 Å². The molecule has 0 atom stereocenters. The van der Waals surface area contributed by atoms with Crippen molar-refractivity contribution in [2.75, 3.05) is 7.05 Å². The second-order valence-corrected chi connectivity index (χ2v) is 3.04. The van der Waals surface area contributed by atoms with Crippen LogP contribution < -0.4 is 0 Å². The lowest BCUT2D eigenvalue weighted by Crippen LogP contribution is -2.24. The largest absolute Gasteiger partial charge is 0.364 e. The Morgan fingerprint density at radius 3 is 3.07 bits per heavy atom. The summed E-state index contributed by atoms with van der Waals surface area (Å²) < 4.78 is 4.84. The number of likely N-dealkylation sites (N-methyl/N-ethyl adjacent to an activating group) is 1. The van der Waals surface area contributed by atoms with E-state index in [9.17, 15) is 4.79 Å². The Morgan fingerprint density at radius 1 is 1.79 bits per heavy atom. The SMILES string of the molecule is C=CC(=O)N(C)Cc1conc1CC. The van der Waals surface area contributed by atoms with Gasteiger partial charge in [0, 0.05) is 12.6 Å². The van der Waals surface area contributed by atoms with Gasteiger partial charge in [-0.3, -0.25) is 4.79 Å². The van der Waals surface area contributed by atoms with Gasteiger partial charge in [0.25, 0.3) is 0 Å². The summed E-state index contributed by atoms with van der Waals surface area (Å²) >= 11 is 0. The minimum Gasteiger partial charge on any atom is -0.364 e. The average molecular weight is 194 g/mol. The lowest BCUT2D eigenvalue weighted by molar-refractivity contribution is -0.125. The van der Waals surface area contributed by atoms with Crippen molar-refractivity contribution in [2.45, 2.75) is 19.9 Å². The molecule has 1 rings (SSSR count). The molecule has 0 fully saturated rings. The smallest absolute Gasteiger partial charge is 0.245 e. The van der Waals surface area contributed by atoms with Gasteiger partial charge in [0.1, 0.15) is 6.26 Å². The number of rotatable bonds is 4. The lowest BCUT2D eigenvalue weighted by atomic mass is 10.2. The van der Waals surface area contributed by atoms with Gasteiger partial charge < -0.3 is 9.42 Å². The Balaban J connectivity index is 2.68. The van der Waals surface area contributed by atoms with Crippen LogP contribution in [0.1, 0.15) is 18.2 Å². The van der Waals surface area contributed by atoms with E-state index in [1.54, 1.807) is 18.2 Å². The van der Waals surface area contributed by atoms with Crippen molar-refractivity contribution >= 4 is 5.91 Å². The summed E-state index contributed by atoms with van der Waals surface area (Å²) in [6.07, 6.45) is 3.67. The number of nitrogens with zero attached hydrogens (tertiary/aromatic N) is 2. The Bertz CT molecular complexity index is 331. The fourth-order valence-electron chi connectivity index (χ4n) is 1.19. The Labute approximate surface area is 83.2 Å². The van der Waals surface area contributed by atoms with E-state index < -0.39 is 0 Å². The molecule has 0 radical (unpaired) electrons. The van der Waals surface area contributed by atoms with Crippen molar-refractivity contribution in [2.24, 2.45) is 0 Å². The minimum absolute atomic E-state index is 0.103. The first-order valence-electron chi connectivity index (χ1n) is 4.48. The molecule has 0 aliphatic heterocycles. The Hall–Kier alpha value is -1.58. The van der Waals surface area contributed by atoms with Gasteiger partial charge in [-0.2, -0.15) is 0 Å². The standard InChI is InChI=1S/C10H14N2O2/c1-4-9-8(7-14-11-9)6-12(3)10(13)5-2/h5,7H,2,4,6H2,1,3H3. The summed E-state index contributed by atoms with van der Waals surface area (Å²) in [7, 11) is 1.72. The average Bonchev–Trinajstić information content (AvgIpc) is 2.63. The first kappa shape index (κ1) is 10.5. The molecule has 1 aromatic heterocycles. The van der Waals surface area contributed by atoms with Crippen molar-refractivity contribution in [1.82, 2.24) is 10.1 Å². The van der Waals surface area contributed by atoms with Crippen LogP contribution >= 0.6 is 0 Å². The molecule has 0 aromatic carbocycles. The minimum atomic E-state index is -0.103. The molecule has 0 spiro atoms. The molecule has 0 unspecified atom stereocenters. The topological polar surface area (TPSA) is 46.3 Å². The van der Waals surface area contributed by atoms with Gasteiger partial charge in [-0.05, 0) is 12.5 Å². The third-order valence-corrected chi connectivity index (χ3v) is 2.02. The van der Waals surface area contributed by atoms with Crippen LogP contribution in [0.4, 0.5) is 0 Å². The highest BCUT2D eigenvalue weighted by atomic mass is 16.5. The number of hydrogen-bond acceptors (Lipinski definition) is 3. The number of amides is 1. The second-order valence-electron chi connectivity index (χ2n) is 3.04. The third kappa shape index (κ3) is 2.22. The van der Waals surface area contributed by atoms with Crippen molar-refractivity contribution in [3.05, 3.63) is 30.2 Å². The van der Waals surface area contributed by atoms with E-state index in [0.29, 0.717) is 6.54 Å². The van der Waals surface area contributed by atoms with Crippen LogP contribution in [0.5, 0.6) is 0 Å². The summed E-state index contributed by atoms with van der Waals surface area (Å²) in [5.41, 5.74) is 1.85. The number of hydrogen-bond donors (Lipinski definition) is 0. The zero-order chi connectivity index (χ0) is 10.6. The number of aryl methyl sites for hydroxylation is 1. The van der Waals surface area contributed by atoms with Crippen LogP contribution in [0, 0.1) is 0 Å². The van der Waals surface area contributed by atoms with Gasteiger partial charge in [0.15, 0.2) is 0 Å². The number of carbonyl (C=O) groups is 1.